The largest absolute Gasteiger partial charge is 0.415 e. The van der Waals surface area contributed by atoms with Crippen molar-refractivity contribution in [1.82, 2.24) is 9.55 Å². The van der Waals surface area contributed by atoms with E-state index in [0.29, 0.717) is 17.9 Å². The van der Waals surface area contributed by atoms with Gasteiger partial charge in [-0.05, 0) is 64.1 Å². The van der Waals surface area contributed by atoms with Crippen LogP contribution in [-0.4, -0.2) is 63.9 Å². The number of aromatic amines is 1. The van der Waals surface area contributed by atoms with Crippen LogP contribution in [0.2, 0.25) is 18.1 Å². The van der Waals surface area contributed by atoms with Gasteiger partial charge in [0.2, 0.25) is 11.8 Å². The Bertz CT molecular complexity index is 1200. The summed E-state index contributed by atoms with van der Waals surface area (Å²) in [7, 11) is -2.35. The van der Waals surface area contributed by atoms with Crippen LogP contribution in [-0.2, 0) is 25.5 Å². The molecule has 2 unspecified atom stereocenters. The fraction of sp³-hybridized carbons (Fsp3) is 0.769. The summed E-state index contributed by atoms with van der Waals surface area (Å²) >= 11 is 7.19. The number of ether oxygens (including phenoxy) is 1. The Labute approximate surface area is 242 Å². The van der Waals surface area contributed by atoms with E-state index in [-0.39, 0.29) is 11.6 Å². The number of aliphatic hydroxyl groups is 2. The minimum Gasteiger partial charge on any atom is -0.408 e. The van der Waals surface area contributed by atoms with E-state index in [0.717, 1.165) is 18.4 Å². The third-order valence-electron chi connectivity index (χ3n) is 8.49. The zero-order valence-electron chi connectivity index (χ0n) is 24.2. The number of rotatable bonds is 9. The average Bonchev–Trinajstić information content (AvgIpc) is 3.10. The molecule has 2 fully saturated rings. The highest BCUT2D eigenvalue weighted by Crippen LogP contribution is 2.55. The van der Waals surface area contributed by atoms with E-state index in [1.807, 2.05) is 13.8 Å². The molecule has 8 atom stereocenters. The van der Waals surface area contributed by atoms with Gasteiger partial charge in [-0.1, -0.05) is 32.9 Å². The number of aromatic nitrogens is 2. The number of hydrogen-bond acceptors (Lipinski definition) is 9. The Morgan fingerprint density at radius 2 is 2.03 bits per heavy atom. The number of nitrogens with one attached hydrogen (secondary N) is 1. The molecule has 1 aliphatic heterocycles. The monoisotopic (exact) mass is 619 g/mol. The Hall–Kier alpha value is -0.693. The van der Waals surface area contributed by atoms with Crippen molar-refractivity contribution in [1.29, 1.82) is 0 Å². The summed E-state index contributed by atoms with van der Waals surface area (Å²) in [5.41, 5.74) is 0.259. The van der Waals surface area contributed by atoms with Crippen molar-refractivity contribution in [3.05, 3.63) is 44.8 Å². The lowest BCUT2D eigenvalue weighted by Gasteiger charge is -2.39. The van der Waals surface area contributed by atoms with Gasteiger partial charge < -0.3 is 19.4 Å². The van der Waals surface area contributed by atoms with Crippen LogP contribution in [0.15, 0.2) is 27.9 Å². The van der Waals surface area contributed by atoms with E-state index < -0.39 is 61.1 Å². The summed E-state index contributed by atoms with van der Waals surface area (Å²) in [6.45, 7) is 20.2. The maximum atomic E-state index is 12.6. The van der Waals surface area contributed by atoms with Gasteiger partial charge >= 0.3 is 11.8 Å². The van der Waals surface area contributed by atoms with Gasteiger partial charge in [0, 0.05) is 11.8 Å². The molecule has 39 heavy (non-hydrogen) atoms. The molecule has 1 aromatic rings. The quantitative estimate of drug-likeness (QED) is 0.208. The maximum absolute atomic E-state index is 12.6. The Kier molecular flexibility index (Phi) is 10.3. The fourth-order valence-corrected chi connectivity index (χ4v) is 10.8. The molecule has 2 aliphatic rings. The van der Waals surface area contributed by atoms with Crippen molar-refractivity contribution in [3.8, 4) is 0 Å². The molecule has 1 saturated heterocycles. The lowest BCUT2D eigenvalue weighted by Crippen LogP contribution is -2.50. The molecule has 9 nitrogen and oxygen atoms in total. The van der Waals surface area contributed by atoms with Gasteiger partial charge in [-0.25, -0.2) is 4.79 Å². The third kappa shape index (κ3) is 7.39. The Balaban J connectivity index is 1.78. The van der Waals surface area contributed by atoms with Crippen LogP contribution in [0.4, 0.5) is 0 Å². The molecule has 0 bridgehead atoms. The van der Waals surface area contributed by atoms with E-state index in [1.54, 1.807) is 6.92 Å². The van der Waals surface area contributed by atoms with Crippen LogP contribution < -0.4 is 11.2 Å². The summed E-state index contributed by atoms with van der Waals surface area (Å²) in [6.07, 6.45) is -1.80. The van der Waals surface area contributed by atoms with E-state index in [9.17, 15) is 19.8 Å². The van der Waals surface area contributed by atoms with Gasteiger partial charge in [-0.15, -0.1) is 0 Å². The summed E-state index contributed by atoms with van der Waals surface area (Å²) in [5.74, 6) is 0.310. The summed E-state index contributed by atoms with van der Waals surface area (Å²) in [5, 5.41) is 22.1. The Morgan fingerprint density at radius 1 is 1.38 bits per heavy atom. The predicted octanol–water partition coefficient (Wildman–Crippen LogP) is 4.51. The number of allylic oxidation sites excluding steroid dienone is 1. The Morgan fingerprint density at radius 3 is 2.59 bits per heavy atom. The van der Waals surface area contributed by atoms with Crippen molar-refractivity contribution >= 4 is 37.6 Å². The van der Waals surface area contributed by atoms with E-state index in [1.165, 1.54) is 22.1 Å². The lowest BCUT2D eigenvalue weighted by molar-refractivity contribution is -0.0499. The number of aryl methyl sites for hydroxylation is 1. The molecule has 1 aliphatic carbocycles. The average molecular weight is 620 g/mol. The van der Waals surface area contributed by atoms with E-state index in [2.05, 4.69) is 45.4 Å². The van der Waals surface area contributed by atoms with E-state index in [4.69, 9.17) is 25.5 Å². The highest BCUT2D eigenvalue weighted by molar-refractivity contribution is 8.63. The molecule has 0 aromatic carbocycles. The van der Waals surface area contributed by atoms with Crippen molar-refractivity contribution in [2.45, 2.75) is 114 Å². The number of H-pyrrole nitrogens is 1. The first-order chi connectivity index (χ1) is 17.9. The summed E-state index contributed by atoms with van der Waals surface area (Å²) in [4.78, 5) is 26.8. The zero-order chi connectivity index (χ0) is 29.5. The van der Waals surface area contributed by atoms with Crippen LogP contribution in [0.1, 0.15) is 65.7 Å². The first-order valence-corrected chi connectivity index (χ1v) is 19.9. The minimum absolute atomic E-state index is 0.0622. The first kappa shape index (κ1) is 32.8. The number of hydrogen-bond donors (Lipinski definition) is 3. The van der Waals surface area contributed by atoms with Crippen LogP contribution in [0, 0.1) is 12.8 Å². The molecular weight excluding hydrogens is 575 g/mol. The van der Waals surface area contributed by atoms with Crippen molar-refractivity contribution < 1.29 is 23.9 Å². The van der Waals surface area contributed by atoms with Crippen molar-refractivity contribution in [3.63, 3.8) is 0 Å². The van der Waals surface area contributed by atoms with Crippen LogP contribution in [0.5, 0.6) is 0 Å². The molecule has 1 saturated carbocycles. The number of aliphatic hydroxyl groups excluding tert-OH is 2. The molecule has 220 valence electrons. The molecule has 0 radical (unpaired) electrons. The molecule has 3 rings (SSSR count). The second-order valence-electron chi connectivity index (χ2n) is 12.6. The predicted molar refractivity (Wildman–Crippen MR) is 162 cm³/mol. The SMILES string of the molecule is C=C(C)[C@H]1CC[C@@](C)(S[P+](=S)OC[C@H]2O[C@@H](n3cc(C)c(=O)[nH]c3=O)[C@H](O)C2O[Si](C)(C)C(C)(C)C)[C@H](O)C1. The summed E-state index contributed by atoms with van der Waals surface area (Å²) < 4.78 is 19.7. The highest BCUT2D eigenvalue weighted by atomic mass is 32.9. The molecule has 0 amide bonds. The van der Waals surface area contributed by atoms with Crippen molar-refractivity contribution in [2.24, 2.45) is 5.92 Å². The second kappa shape index (κ2) is 12.3. The van der Waals surface area contributed by atoms with Gasteiger partial charge in [-0.3, -0.25) is 14.3 Å². The molecule has 13 heteroatoms. The third-order valence-corrected chi connectivity index (χ3v) is 17.4. The van der Waals surface area contributed by atoms with Crippen LogP contribution in [0.3, 0.4) is 0 Å². The zero-order valence-corrected chi connectivity index (χ0v) is 27.8. The smallest absolute Gasteiger partial charge is 0.408 e. The van der Waals surface area contributed by atoms with Gasteiger partial charge in [0.05, 0.1) is 10.9 Å². The van der Waals surface area contributed by atoms with Crippen LogP contribution in [0.25, 0.3) is 0 Å². The standard InChI is InChI=1S/C26H43N2O7PS2Si/c1-15(2)17-10-11-26(7,19(29)12-17)38-36(37)33-14-18-21(35-39(8,9)25(4,5)6)20(30)23(34-18)28-13-16(3)22(31)27-24(28)32/h13,17-21,23,29-30H,1,10-12,14H2,2-9H3/p+1/t17-,18+,19+,20+,21?,23+,26+/m0/s1. The topological polar surface area (TPSA) is 123 Å². The fourth-order valence-electron chi connectivity index (χ4n) is 4.67. The molecule has 1 aromatic heterocycles. The first-order valence-electron chi connectivity index (χ1n) is 13.3. The highest BCUT2D eigenvalue weighted by Gasteiger charge is 2.52. The van der Waals surface area contributed by atoms with Crippen LogP contribution >= 0.6 is 17.5 Å². The van der Waals surface area contributed by atoms with Gasteiger partial charge in [0.25, 0.3) is 5.56 Å². The molecule has 2 heterocycles. The molecular formula is C26H44N2O7PS2Si+. The van der Waals surface area contributed by atoms with E-state index >= 15 is 0 Å². The van der Waals surface area contributed by atoms with Gasteiger partial charge in [-0.2, -0.15) is 4.52 Å². The number of nitrogens with zero attached hydrogens (tertiary/aromatic N) is 1. The minimum atomic E-state index is -2.35. The molecule has 0 spiro atoms. The van der Waals surface area contributed by atoms with Crippen molar-refractivity contribution in [2.75, 3.05) is 6.61 Å². The van der Waals surface area contributed by atoms with Gasteiger partial charge in [0.15, 0.2) is 14.5 Å². The normalized spacial score (nSPS) is 32.3. The molecule has 3 N–H and O–H groups in total. The lowest BCUT2D eigenvalue weighted by atomic mass is 9.77. The second-order valence-corrected chi connectivity index (χ2v) is 22.4. The maximum Gasteiger partial charge on any atom is 0.415 e. The van der Waals surface area contributed by atoms with Gasteiger partial charge in [0.1, 0.15) is 36.3 Å². The summed E-state index contributed by atoms with van der Waals surface area (Å²) in [6, 6.07) is 0.